The number of oxazole rings is 1. The predicted molar refractivity (Wildman–Crippen MR) is 121 cm³/mol. The molecule has 4 aromatic rings. The summed E-state index contributed by atoms with van der Waals surface area (Å²) >= 11 is 0. The normalized spacial score (nSPS) is 11.4. The molecule has 0 aliphatic carbocycles. The summed E-state index contributed by atoms with van der Waals surface area (Å²) in [5.74, 6) is 0.0465. The Morgan fingerprint density at radius 2 is 1.68 bits per heavy atom. The molecule has 0 unspecified atom stereocenters. The molecule has 0 aliphatic heterocycles. The smallest absolute Gasteiger partial charge is 0.245 e. The Bertz CT molecular complexity index is 1310. The van der Waals surface area contributed by atoms with Crippen molar-refractivity contribution in [1.29, 1.82) is 0 Å². The second-order valence-electron chi connectivity index (χ2n) is 7.17. The lowest BCUT2D eigenvalue weighted by Gasteiger charge is -2.23. The number of para-hydroxylation sites is 3. The Labute approximate surface area is 180 Å². The second-order valence-corrected chi connectivity index (χ2v) is 9.08. The number of nitrogens with one attached hydrogen (secondary N) is 1. The van der Waals surface area contributed by atoms with Crippen LogP contribution in [0.3, 0.4) is 0 Å². The number of amides is 1. The molecule has 0 aliphatic rings. The molecule has 158 valence electrons. The Kier molecular flexibility index (Phi) is 5.48. The average molecular weight is 436 g/mol. The van der Waals surface area contributed by atoms with E-state index in [1.807, 2.05) is 30.3 Å². The number of aromatic nitrogens is 1. The van der Waals surface area contributed by atoms with Gasteiger partial charge < -0.3 is 9.73 Å². The monoisotopic (exact) mass is 435 g/mol. The summed E-state index contributed by atoms with van der Waals surface area (Å²) < 4.78 is 31.4. The van der Waals surface area contributed by atoms with E-state index in [-0.39, 0.29) is 6.54 Å². The number of sulfonamides is 1. The molecule has 0 fully saturated rings. The highest BCUT2D eigenvalue weighted by atomic mass is 32.2. The highest BCUT2D eigenvalue weighted by Gasteiger charge is 2.22. The van der Waals surface area contributed by atoms with E-state index in [0.717, 1.165) is 27.2 Å². The van der Waals surface area contributed by atoms with Crippen LogP contribution in [0.15, 0.2) is 77.2 Å². The predicted octanol–water partition coefficient (Wildman–Crippen LogP) is 4.21. The summed E-state index contributed by atoms with van der Waals surface area (Å²) in [6, 6.07) is 21.6. The van der Waals surface area contributed by atoms with Gasteiger partial charge >= 0.3 is 0 Å². The first-order valence-electron chi connectivity index (χ1n) is 9.60. The van der Waals surface area contributed by atoms with Gasteiger partial charge in [0.05, 0.1) is 11.9 Å². The van der Waals surface area contributed by atoms with Gasteiger partial charge in [0.25, 0.3) is 0 Å². The molecule has 0 spiro atoms. The molecule has 0 radical (unpaired) electrons. The van der Waals surface area contributed by atoms with Crippen LogP contribution in [0.1, 0.15) is 5.56 Å². The van der Waals surface area contributed by atoms with Crippen LogP contribution in [0.25, 0.3) is 22.6 Å². The number of fused-ring (bicyclic) bond motifs is 1. The number of rotatable bonds is 6. The van der Waals surface area contributed by atoms with E-state index < -0.39 is 15.9 Å². The van der Waals surface area contributed by atoms with Crippen LogP contribution in [0, 0.1) is 6.92 Å². The lowest BCUT2D eigenvalue weighted by Crippen LogP contribution is -2.37. The molecule has 1 amide bonds. The lowest BCUT2D eigenvalue weighted by molar-refractivity contribution is -0.114. The van der Waals surface area contributed by atoms with Crippen molar-refractivity contribution in [1.82, 2.24) is 4.98 Å². The topological polar surface area (TPSA) is 92.5 Å². The van der Waals surface area contributed by atoms with Crippen LogP contribution in [0.4, 0.5) is 11.4 Å². The number of benzene rings is 3. The number of hydrogen-bond donors (Lipinski definition) is 1. The molecule has 1 heterocycles. The van der Waals surface area contributed by atoms with Crippen LogP contribution in [-0.4, -0.2) is 32.1 Å². The van der Waals surface area contributed by atoms with E-state index in [9.17, 15) is 13.2 Å². The molecular formula is C23H21N3O4S. The molecule has 0 saturated carbocycles. The van der Waals surface area contributed by atoms with Crippen molar-refractivity contribution in [3.63, 3.8) is 0 Å². The average Bonchev–Trinajstić information content (AvgIpc) is 3.17. The Morgan fingerprint density at radius 3 is 2.35 bits per heavy atom. The van der Waals surface area contributed by atoms with Gasteiger partial charge in [0, 0.05) is 11.3 Å². The van der Waals surface area contributed by atoms with Crippen molar-refractivity contribution in [3.8, 4) is 11.5 Å². The number of carbonyl (C=O) groups excluding carboxylic acids is 1. The standard InChI is InChI=1S/C23H21N3O4S/c1-16-7-3-5-9-20(16)26(31(2,28)29)15-22(27)24-18-13-11-17(12-14-18)23-25-19-8-4-6-10-21(19)30-23/h3-14H,15H2,1-2H3,(H,24,27). The molecule has 0 bridgehead atoms. The number of nitrogens with zero attached hydrogens (tertiary/aromatic N) is 2. The molecular weight excluding hydrogens is 414 g/mol. The van der Waals surface area contributed by atoms with Crippen molar-refractivity contribution < 1.29 is 17.6 Å². The van der Waals surface area contributed by atoms with Gasteiger partial charge in [-0.1, -0.05) is 30.3 Å². The third kappa shape index (κ3) is 4.59. The Hall–Kier alpha value is -3.65. The van der Waals surface area contributed by atoms with E-state index >= 15 is 0 Å². The number of hydrogen-bond acceptors (Lipinski definition) is 5. The zero-order chi connectivity index (χ0) is 22.0. The fourth-order valence-electron chi connectivity index (χ4n) is 3.25. The maximum Gasteiger partial charge on any atom is 0.245 e. The fraction of sp³-hybridized carbons (Fsp3) is 0.130. The van der Waals surface area contributed by atoms with E-state index in [1.165, 1.54) is 0 Å². The lowest BCUT2D eigenvalue weighted by atomic mass is 10.2. The van der Waals surface area contributed by atoms with Crippen molar-refractivity contribution in [3.05, 3.63) is 78.4 Å². The van der Waals surface area contributed by atoms with E-state index in [1.54, 1.807) is 49.4 Å². The van der Waals surface area contributed by atoms with Crippen molar-refractivity contribution in [2.45, 2.75) is 6.92 Å². The Morgan fingerprint density at radius 1 is 1.00 bits per heavy atom. The van der Waals surface area contributed by atoms with Gasteiger partial charge in [-0.05, 0) is 55.0 Å². The first kappa shape index (κ1) is 20.6. The molecule has 7 nitrogen and oxygen atoms in total. The summed E-state index contributed by atoms with van der Waals surface area (Å²) in [4.78, 5) is 17.0. The minimum atomic E-state index is -3.63. The number of aryl methyl sites for hydroxylation is 1. The van der Waals surface area contributed by atoms with Gasteiger partial charge in [-0.2, -0.15) is 0 Å². The summed E-state index contributed by atoms with van der Waals surface area (Å²) in [5, 5.41) is 2.74. The van der Waals surface area contributed by atoms with Crippen LogP contribution < -0.4 is 9.62 Å². The second kappa shape index (κ2) is 8.23. The molecule has 3 aromatic carbocycles. The minimum Gasteiger partial charge on any atom is -0.436 e. The quantitative estimate of drug-likeness (QED) is 0.490. The van der Waals surface area contributed by atoms with Crippen molar-refractivity contribution >= 4 is 38.4 Å². The molecule has 4 rings (SSSR count). The first-order chi connectivity index (χ1) is 14.8. The van der Waals surface area contributed by atoms with E-state index in [2.05, 4.69) is 10.3 Å². The third-order valence-corrected chi connectivity index (χ3v) is 5.91. The Balaban J connectivity index is 1.49. The summed E-state index contributed by atoms with van der Waals surface area (Å²) in [6.45, 7) is 1.48. The summed E-state index contributed by atoms with van der Waals surface area (Å²) in [7, 11) is -3.63. The molecule has 31 heavy (non-hydrogen) atoms. The van der Waals surface area contributed by atoms with Crippen LogP contribution >= 0.6 is 0 Å². The van der Waals surface area contributed by atoms with E-state index in [0.29, 0.717) is 22.8 Å². The van der Waals surface area contributed by atoms with Gasteiger partial charge in [0.2, 0.25) is 21.8 Å². The molecule has 1 aromatic heterocycles. The maximum absolute atomic E-state index is 12.6. The first-order valence-corrected chi connectivity index (χ1v) is 11.5. The summed E-state index contributed by atoms with van der Waals surface area (Å²) in [6.07, 6.45) is 1.09. The third-order valence-electron chi connectivity index (χ3n) is 4.78. The molecule has 0 saturated heterocycles. The van der Waals surface area contributed by atoms with Crippen LogP contribution in [-0.2, 0) is 14.8 Å². The zero-order valence-corrected chi connectivity index (χ0v) is 17.9. The molecule has 8 heteroatoms. The van der Waals surface area contributed by atoms with Crippen molar-refractivity contribution in [2.75, 3.05) is 22.4 Å². The summed E-state index contributed by atoms with van der Waals surface area (Å²) in [5.41, 5.74) is 4.03. The van der Waals surface area contributed by atoms with E-state index in [4.69, 9.17) is 4.42 Å². The zero-order valence-electron chi connectivity index (χ0n) is 17.1. The van der Waals surface area contributed by atoms with Gasteiger partial charge in [-0.3, -0.25) is 9.10 Å². The molecule has 0 atom stereocenters. The maximum atomic E-state index is 12.6. The fourth-order valence-corrected chi connectivity index (χ4v) is 4.16. The number of anilines is 2. The minimum absolute atomic E-state index is 0.323. The van der Waals surface area contributed by atoms with Crippen LogP contribution in [0.5, 0.6) is 0 Å². The van der Waals surface area contributed by atoms with Gasteiger partial charge in [-0.25, -0.2) is 13.4 Å². The van der Waals surface area contributed by atoms with Crippen LogP contribution in [0.2, 0.25) is 0 Å². The molecule has 1 N–H and O–H groups in total. The van der Waals surface area contributed by atoms with Gasteiger partial charge in [-0.15, -0.1) is 0 Å². The van der Waals surface area contributed by atoms with Gasteiger partial charge in [0.15, 0.2) is 5.58 Å². The van der Waals surface area contributed by atoms with Gasteiger partial charge in [0.1, 0.15) is 12.1 Å². The highest BCUT2D eigenvalue weighted by Crippen LogP contribution is 2.26. The highest BCUT2D eigenvalue weighted by molar-refractivity contribution is 7.92. The number of carbonyl (C=O) groups is 1. The van der Waals surface area contributed by atoms with Crippen molar-refractivity contribution in [2.24, 2.45) is 0 Å². The largest absolute Gasteiger partial charge is 0.436 e. The SMILES string of the molecule is Cc1ccccc1N(CC(=O)Nc1ccc(-c2nc3ccccc3o2)cc1)S(C)(=O)=O.